The number of allylic oxidation sites excluding steroid dienone is 2. The Balaban J connectivity index is 2.26. The molecule has 1 aliphatic carbocycles. The van der Waals surface area contributed by atoms with Gasteiger partial charge in [0.15, 0.2) is 11.5 Å². The zero-order valence-electron chi connectivity index (χ0n) is 13.7. The third kappa shape index (κ3) is 3.95. The summed E-state index contributed by atoms with van der Waals surface area (Å²) in [5.41, 5.74) is 1.04. The Morgan fingerprint density at radius 2 is 1.57 bits per heavy atom. The summed E-state index contributed by atoms with van der Waals surface area (Å²) in [6.45, 7) is 3.38. The number of fused-ring (bicyclic) bond motifs is 1. The van der Waals surface area contributed by atoms with Gasteiger partial charge in [0.1, 0.15) is 0 Å². The summed E-state index contributed by atoms with van der Waals surface area (Å²) in [4.78, 5) is 36.5. The zero-order valence-corrected chi connectivity index (χ0v) is 13.7. The molecule has 4 heteroatoms. The van der Waals surface area contributed by atoms with Crippen molar-refractivity contribution < 1.29 is 19.1 Å². The van der Waals surface area contributed by atoms with Crippen LogP contribution in [0.3, 0.4) is 0 Å². The molecule has 0 saturated carbocycles. The number of benzene rings is 1. The SMILES string of the molecule is CCCCCCCC1=C(OC(C)=O)C(=O)c2ccccc2C1=O. The molecule has 0 atom stereocenters. The van der Waals surface area contributed by atoms with E-state index in [0.29, 0.717) is 23.1 Å². The summed E-state index contributed by atoms with van der Waals surface area (Å²) in [6.07, 6.45) is 5.67. The average molecular weight is 314 g/mol. The van der Waals surface area contributed by atoms with Gasteiger partial charge >= 0.3 is 5.97 Å². The lowest BCUT2D eigenvalue weighted by Gasteiger charge is -2.20. The fourth-order valence-corrected chi connectivity index (χ4v) is 2.79. The minimum Gasteiger partial charge on any atom is -0.422 e. The lowest BCUT2D eigenvalue weighted by molar-refractivity contribution is -0.136. The summed E-state index contributed by atoms with van der Waals surface area (Å²) in [5.74, 6) is -1.24. The Kier molecular flexibility index (Phi) is 5.85. The molecule has 2 rings (SSSR count). The van der Waals surface area contributed by atoms with Crippen molar-refractivity contribution in [3.63, 3.8) is 0 Å². The molecule has 0 N–H and O–H groups in total. The van der Waals surface area contributed by atoms with E-state index in [-0.39, 0.29) is 17.3 Å². The third-order valence-corrected chi connectivity index (χ3v) is 3.95. The van der Waals surface area contributed by atoms with Crippen molar-refractivity contribution in [2.75, 3.05) is 0 Å². The van der Waals surface area contributed by atoms with Crippen molar-refractivity contribution in [3.05, 3.63) is 46.7 Å². The molecule has 0 bridgehead atoms. The Hall–Kier alpha value is -2.23. The van der Waals surface area contributed by atoms with E-state index in [1.807, 2.05) is 0 Å². The van der Waals surface area contributed by atoms with Crippen LogP contribution in [0.2, 0.25) is 0 Å². The molecule has 0 unspecified atom stereocenters. The second-order valence-electron chi connectivity index (χ2n) is 5.77. The first-order valence-electron chi connectivity index (χ1n) is 8.16. The van der Waals surface area contributed by atoms with E-state index in [0.717, 1.165) is 32.1 Å². The number of rotatable bonds is 7. The molecule has 0 aliphatic heterocycles. The lowest BCUT2D eigenvalue weighted by Crippen LogP contribution is -2.24. The molecule has 122 valence electrons. The molecule has 1 aliphatic rings. The molecule has 0 spiro atoms. The van der Waals surface area contributed by atoms with Crippen molar-refractivity contribution in [2.24, 2.45) is 0 Å². The minimum atomic E-state index is -0.580. The molecule has 1 aromatic carbocycles. The number of ketones is 2. The predicted molar refractivity (Wildman–Crippen MR) is 87.3 cm³/mol. The standard InChI is InChI=1S/C19H22O4/c1-3-4-5-6-7-12-16-17(21)14-10-8-9-11-15(14)18(22)19(16)23-13(2)20/h8-11H,3-7,12H2,1-2H3. The number of Topliss-reactive ketones (excluding diaryl/α,β-unsaturated/α-hetero) is 2. The largest absolute Gasteiger partial charge is 0.422 e. The van der Waals surface area contributed by atoms with Crippen LogP contribution in [0.25, 0.3) is 0 Å². The fourth-order valence-electron chi connectivity index (χ4n) is 2.79. The number of ether oxygens (including phenoxy) is 1. The smallest absolute Gasteiger partial charge is 0.308 e. The molecule has 0 aromatic heterocycles. The number of unbranched alkanes of at least 4 members (excludes halogenated alkanes) is 4. The highest BCUT2D eigenvalue weighted by Crippen LogP contribution is 2.30. The maximum atomic E-state index is 12.7. The highest BCUT2D eigenvalue weighted by atomic mass is 16.5. The van der Waals surface area contributed by atoms with Crippen LogP contribution in [-0.2, 0) is 9.53 Å². The van der Waals surface area contributed by atoms with E-state index < -0.39 is 5.97 Å². The van der Waals surface area contributed by atoms with E-state index in [4.69, 9.17) is 4.74 Å². The van der Waals surface area contributed by atoms with E-state index in [2.05, 4.69) is 6.92 Å². The highest BCUT2D eigenvalue weighted by molar-refractivity contribution is 6.26. The monoisotopic (exact) mass is 314 g/mol. The first-order chi connectivity index (χ1) is 11.1. The van der Waals surface area contributed by atoms with Gasteiger partial charge in [-0.25, -0.2) is 0 Å². The Morgan fingerprint density at radius 3 is 2.17 bits per heavy atom. The topological polar surface area (TPSA) is 60.4 Å². The molecule has 23 heavy (non-hydrogen) atoms. The van der Waals surface area contributed by atoms with Crippen LogP contribution >= 0.6 is 0 Å². The predicted octanol–water partition coefficient (Wildman–Crippen LogP) is 4.24. The molecule has 0 fully saturated rings. The van der Waals surface area contributed by atoms with Crippen molar-refractivity contribution >= 4 is 17.5 Å². The molecular weight excluding hydrogens is 292 g/mol. The van der Waals surface area contributed by atoms with Crippen LogP contribution in [0, 0.1) is 0 Å². The van der Waals surface area contributed by atoms with Crippen LogP contribution in [0.1, 0.15) is 73.1 Å². The molecule has 0 saturated heterocycles. The van der Waals surface area contributed by atoms with Gasteiger partial charge in [-0.3, -0.25) is 14.4 Å². The van der Waals surface area contributed by atoms with Gasteiger partial charge in [0.2, 0.25) is 5.78 Å². The number of esters is 1. The van der Waals surface area contributed by atoms with Crippen molar-refractivity contribution in [2.45, 2.75) is 52.4 Å². The Bertz CT molecular complexity index is 655. The Morgan fingerprint density at radius 1 is 0.957 bits per heavy atom. The van der Waals surface area contributed by atoms with Crippen LogP contribution in [0.5, 0.6) is 0 Å². The molecule has 0 radical (unpaired) electrons. The third-order valence-electron chi connectivity index (χ3n) is 3.95. The van der Waals surface area contributed by atoms with Gasteiger partial charge in [0.25, 0.3) is 0 Å². The van der Waals surface area contributed by atoms with E-state index in [1.54, 1.807) is 24.3 Å². The fraction of sp³-hybridized carbons (Fsp3) is 0.421. The summed E-state index contributed by atoms with van der Waals surface area (Å²) in [7, 11) is 0. The number of hydrogen-bond donors (Lipinski definition) is 0. The van der Waals surface area contributed by atoms with Gasteiger partial charge in [0.05, 0.1) is 0 Å². The van der Waals surface area contributed by atoms with Gasteiger partial charge < -0.3 is 4.74 Å². The number of hydrogen-bond acceptors (Lipinski definition) is 4. The normalized spacial score (nSPS) is 14.0. The second kappa shape index (κ2) is 7.86. The first-order valence-corrected chi connectivity index (χ1v) is 8.16. The molecular formula is C19H22O4. The van der Waals surface area contributed by atoms with Crippen molar-refractivity contribution in [1.29, 1.82) is 0 Å². The zero-order chi connectivity index (χ0) is 16.8. The van der Waals surface area contributed by atoms with Gasteiger partial charge in [-0.1, -0.05) is 56.9 Å². The Labute approximate surface area is 136 Å². The molecule has 4 nitrogen and oxygen atoms in total. The van der Waals surface area contributed by atoms with Crippen molar-refractivity contribution in [1.82, 2.24) is 0 Å². The number of carbonyl (C=O) groups is 3. The van der Waals surface area contributed by atoms with Crippen molar-refractivity contribution in [3.8, 4) is 0 Å². The van der Waals surface area contributed by atoms with Crippen LogP contribution in [0.15, 0.2) is 35.6 Å². The highest BCUT2D eigenvalue weighted by Gasteiger charge is 2.33. The van der Waals surface area contributed by atoms with Crippen LogP contribution < -0.4 is 0 Å². The lowest BCUT2D eigenvalue weighted by atomic mass is 9.86. The molecule has 0 amide bonds. The van der Waals surface area contributed by atoms with Gasteiger partial charge in [-0.05, 0) is 12.8 Å². The molecule has 1 aromatic rings. The van der Waals surface area contributed by atoms with Gasteiger partial charge in [0, 0.05) is 23.6 Å². The van der Waals surface area contributed by atoms with E-state index in [1.165, 1.54) is 6.92 Å². The summed E-state index contributed by atoms with van der Waals surface area (Å²) in [6, 6.07) is 6.68. The average Bonchev–Trinajstić information content (AvgIpc) is 2.54. The quantitative estimate of drug-likeness (QED) is 0.558. The van der Waals surface area contributed by atoms with Crippen LogP contribution in [-0.4, -0.2) is 17.5 Å². The maximum Gasteiger partial charge on any atom is 0.308 e. The van der Waals surface area contributed by atoms with Gasteiger partial charge in [-0.15, -0.1) is 0 Å². The minimum absolute atomic E-state index is 0.0864. The summed E-state index contributed by atoms with van der Waals surface area (Å²) < 4.78 is 5.09. The maximum absolute atomic E-state index is 12.7. The number of carbonyl (C=O) groups excluding carboxylic acids is 3. The van der Waals surface area contributed by atoms with E-state index in [9.17, 15) is 14.4 Å². The van der Waals surface area contributed by atoms with E-state index >= 15 is 0 Å². The summed E-state index contributed by atoms with van der Waals surface area (Å²) >= 11 is 0. The van der Waals surface area contributed by atoms with Crippen LogP contribution in [0.4, 0.5) is 0 Å². The molecule has 0 heterocycles. The van der Waals surface area contributed by atoms with Gasteiger partial charge in [-0.2, -0.15) is 0 Å². The second-order valence-corrected chi connectivity index (χ2v) is 5.77. The summed E-state index contributed by atoms with van der Waals surface area (Å²) in [5, 5.41) is 0. The first kappa shape index (κ1) is 17.1.